The van der Waals surface area contributed by atoms with Gasteiger partial charge in [-0.2, -0.15) is 0 Å². The number of fused-ring (bicyclic) bond motifs is 1. The van der Waals surface area contributed by atoms with Gasteiger partial charge in [-0.05, 0) is 49.8 Å². The van der Waals surface area contributed by atoms with Crippen LogP contribution >= 0.6 is 0 Å². The Hall–Kier alpha value is -2.73. The first-order valence-corrected chi connectivity index (χ1v) is 11.6. The van der Waals surface area contributed by atoms with Crippen molar-refractivity contribution in [3.63, 3.8) is 0 Å². The van der Waals surface area contributed by atoms with Crippen molar-refractivity contribution in [3.05, 3.63) is 72.1 Å². The summed E-state index contributed by atoms with van der Waals surface area (Å²) in [4.78, 5) is 19.4. The van der Waals surface area contributed by atoms with Crippen LogP contribution in [-0.2, 0) is 15.6 Å². The van der Waals surface area contributed by atoms with Crippen LogP contribution in [0.15, 0.2) is 65.6 Å². The molecule has 1 saturated heterocycles. The van der Waals surface area contributed by atoms with Crippen molar-refractivity contribution in [1.82, 2.24) is 9.88 Å². The van der Waals surface area contributed by atoms with E-state index in [1.807, 2.05) is 42.2 Å². The van der Waals surface area contributed by atoms with E-state index in [0.29, 0.717) is 21.7 Å². The Morgan fingerprint density at radius 3 is 2.62 bits per heavy atom. The van der Waals surface area contributed by atoms with Gasteiger partial charge in [-0.15, -0.1) is 0 Å². The van der Waals surface area contributed by atoms with Crippen LogP contribution in [0.2, 0.25) is 0 Å². The first-order valence-electron chi connectivity index (χ1n) is 9.93. The second-order valence-corrected chi connectivity index (χ2v) is 9.55. The number of aromatic nitrogens is 1. The maximum Gasteiger partial charge on any atom is 0.272 e. The Morgan fingerprint density at radius 1 is 1.03 bits per heavy atom. The topological polar surface area (TPSA) is 67.3 Å². The molecule has 1 aliphatic rings. The first kappa shape index (κ1) is 19.6. The molecule has 1 aliphatic heterocycles. The largest absolute Gasteiger partial charge is 0.335 e. The summed E-state index contributed by atoms with van der Waals surface area (Å²) < 4.78 is 26.2. The number of carbonyl (C=O) groups is 1. The lowest BCUT2D eigenvalue weighted by Crippen LogP contribution is -2.42. The van der Waals surface area contributed by atoms with Crippen LogP contribution in [0.4, 0.5) is 0 Å². The molecule has 1 fully saturated rings. The van der Waals surface area contributed by atoms with Crippen LogP contribution in [0.25, 0.3) is 10.8 Å². The van der Waals surface area contributed by atoms with E-state index in [4.69, 9.17) is 0 Å². The smallest absolute Gasteiger partial charge is 0.272 e. The van der Waals surface area contributed by atoms with Gasteiger partial charge in [0.1, 0.15) is 5.69 Å². The van der Waals surface area contributed by atoms with Gasteiger partial charge in [0.05, 0.1) is 16.3 Å². The number of piperidine rings is 1. The predicted octanol–water partition coefficient (Wildman–Crippen LogP) is 4.22. The van der Waals surface area contributed by atoms with E-state index >= 15 is 0 Å². The summed E-state index contributed by atoms with van der Waals surface area (Å²) in [5.41, 5.74) is 0.692. The monoisotopic (exact) mass is 408 g/mol. The summed E-state index contributed by atoms with van der Waals surface area (Å²) in [5, 5.41) is 1.58. The van der Waals surface area contributed by atoms with Gasteiger partial charge in [0.15, 0.2) is 9.84 Å². The minimum atomic E-state index is -3.61. The van der Waals surface area contributed by atoms with Crippen LogP contribution < -0.4 is 0 Å². The number of rotatable bonds is 4. The Balaban J connectivity index is 1.63. The molecule has 4 rings (SSSR count). The van der Waals surface area contributed by atoms with E-state index in [1.165, 1.54) is 0 Å². The Kier molecular flexibility index (Phi) is 5.37. The zero-order valence-electron chi connectivity index (χ0n) is 16.4. The first-order chi connectivity index (χ1) is 14.0. The van der Waals surface area contributed by atoms with Crippen molar-refractivity contribution < 1.29 is 13.2 Å². The molecule has 0 N–H and O–H groups in total. The second kappa shape index (κ2) is 7.95. The van der Waals surface area contributed by atoms with Crippen LogP contribution in [0.3, 0.4) is 0 Å². The maximum absolute atomic E-state index is 13.1. The Morgan fingerprint density at radius 2 is 1.79 bits per heavy atom. The lowest BCUT2D eigenvalue weighted by molar-refractivity contribution is 0.0629. The molecule has 0 bridgehead atoms. The van der Waals surface area contributed by atoms with Gasteiger partial charge in [0.25, 0.3) is 5.91 Å². The maximum atomic E-state index is 13.1. The van der Waals surface area contributed by atoms with Gasteiger partial charge >= 0.3 is 0 Å². The van der Waals surface area contributed by atoms with E-state index in [9.17, 15) is 13.2 Å². The highest BCUT2D eigenvalue weighted by Crippen LogP contribution is 2.26. The number of sulfone groups is 1. The van der Waals surface area contributed by atoms with Gasteiger partial charge in [-0.3, -0.25) is 4.79 Å². The highest BCUT2D eigenvalue weighted by molar-refractivity contribution is 7.90. The molecule has 1 atom stereocenters. The summed E-state index contributed by atoms with van der Waals surface area (Å²) in [6.07, 6.45) is 3.10. The SMILES string of the molecule is CC1CCCCN1C(=O)c1cccc(CS(=O)(=O)c2cccc3ccccc23)n1. The molecule has 0 aliphatic carbocycles. The number of likely N-dealkylation sites (tertiary alicyclic amines) is 1. The summed E-state index contributed by atoms with van der Waals surface area (Å²) in [6.45, 7) is 2.77. The zero-order valence-corrected chi connectivity index (χ0v) is 17.2. The molecule has 2 aromatic carbocycles. The fourth-order valence-electron chi connectivity index (χ4n) is 3.97. The molecule has 1 aromatic heterocycles. The number of hydrogen-bond acceptors (Lipinski definition) is 4. The molecule has 150 valence electrons. The third-order valence-electron chi connectivity index (χ3n) is 5.51. The van der Waals surface area contributed by atoms with E-state index < -0.39 is 9.84 Å². The summed E-state index contributed by atoms with van der Waals surface area (Å²) in [5.74, 6) is -0.362. The van der Waals surface area contributed by atoms with E-state index in [-0.39, 0.29) is 17.7 Å². The third kappa shape index (κ3) is 4.03. The molecular weight excluding hydrogens is 384 g/mol. The minimum Gasteiger partial charge on any atom is -0.335 e. The molecule has 0 spiro atoms. The normalized spacial score (nSPS) is 17.4. The molecule has 29 heavy (non-hydrogen) atoms. The van der Waals surface area contributed by atoms with E-state index in [2.05, 4.69) is 4.98 Å². The Labute approximate surface area is 171 Å². The minimum absolute atomic E-state index is 0.124. The van der Waals surface area contributed by atoms with Crippen LogP contribution in [0.5, 0.6) is 0 Å². The molecule has 3 aromatic rings. The second-order valence-electron chi connectivity index (χ2n) is 7.59. The molecule has 2 heterocycles. The number of carbonyl (C=O) groups excluding carboxylic acids is 1. The highest BCUT2D eigenvalue weighted by atomic mass is 32.2. The van der Waals surface area contributed by atoms with E-state index in [1.54, 1.807) is 30.3 Å². The Bertz CT molecular complexity index is 1150. The summed E-state index contributed by atoms with van der Waals surface area (Å²) in [6, 6.07) is 17.9. The number of amides is 1. The molecule has 0 radical (unpaired) electrons. The van der Waals surface area contributed by atoms with Crippen LogP contribution in [0.1, 0.15) is 42.4 Å². The van der Waals surface area contributed by atoms with Gasteiger partial charge in [-0.25, -0.2) is 13.4 Å². The molecule has 1 unspecified atom stereocenters. The lowest BCUT2D eigenvalue weighted by atomic mass is 10.0. The average molecular weight is 409 g/mol. The number of nitrogens with zero attached hydrogens (tertiary/aromatic N) is 2. The molecular formula is C23H24N2O3S. The van der Waals surface area contributed by atoms with Crippen molar-refractivity contribution in [2.75, 3.05) is 6.54 Å². The molecule has 0 saturated carbocycles. The zero-order chi connectivity index (χ0) is 20.4. The van der Waals surface area contributed by atoms with Crippen molar-refractivity contribution in [2.45, 2.75) is 42.9 Å². The number of benzene rings is 2. The quantitative estimate of drug-likeness (QED) is 0.648. The van der Waals surface area contributed by atoms with Gasteiger partial charge < -0.3 is 4.90 Å². The summed E-state index contributed by atoms with van der Waals surface area (Å²) >= 11 is 0. The number of hydrogen-bond donors (Lipinski definition) is 0. The molecule has 1 amide bonds. The highest BCUT2D eigenvalue weighted by Gasteiger charge is 2.26. The van der Waals surface area contributed by atoms with Crippen molar-refractivity contribution in [2.24, 2.45) is 0 Å². The van der Waals surface area contributed by atoms with Gasteiger partial charge in [-0.1, -0.05) is 42.5 Å². The van der Waals surface area contributed by atoms with Gasteiger partial charge in [0.2, 0.25) is 0 Å². The van der Waals surface area contributed by atoms with Crippen molar-refractivity contribution in [3.8, 4) is 0 Å². The van der Waals surface area contributed by atoms with Crippen molar-refractivity contribution in [1.29, 1.82) is 0 Å². The van der Waals surface area contributed by atoms with Crippen molar-refractivity contribution >= 4 is 26.5 Å². The van der Waals surface area contributed by atoms with Crippen LogP contribution in [-0.4, -0.2) is 36.8 Å². The number of pyridine rings is 1. The lowest BCUT2D eigenvalue weighted by Gasteiger charge is -2.33. The predicted molar refractivity (Wildman–Crippen MR) is 113 cm³/mol. The fraction of sp³-hybridized carbons (Fsp3) is 0.304. The molecule has 6 heteroatoms. The standard InChI is InChI=1S/C23H24N2O3S/c1-17-8-4-5-15-25(17)23(26)21-13-7-11-19(24-21)16-29(27,28)22-14-6-10-18-9-2-3-12-20(18)22/h2-3,6-7,9-14,17H,4-5,8,15-16H2,1H3. The average Bonchev–Trinajstić information content (AvgIpc) is 2.73. The third-order valence-corrected chi connectivity index (χ3v) is 7.21. The summed E-state index contributed by atoms with van der Waals surface area (Å²) in [7, 11) is -3.61. The molecule has 5 nitrogen and oxygen atoms in total. The van der Waals surface area contributed by atoms with Crippen LogP contribution in [0, 0.1) is 0 Å². The van der Waals surface area contributed by atoms with E-state index in [0.717, 1.165) is 31.2 Å². The fourth-order valence-corrected chi connectivity index (χ4v) is 5.48. The van der Waals surface area contributed by atoms with Gasteiger partial charge in [0, 0.05) is 18.0 Å².